The van der Waals surface area contributed by atoms with Crippen LogP contribution in [0, 0.1) is 5.92 Å². The van der Waals surface area contributed by atoms with Gasteiger partial charge in [-0.2, -0.15) is 0 Å². The first-order valence-electron chi connectivity index (χ1n) is 6.69. The third kappa shape index (κ3) is 2.56. The normalized spacial score (nSPS) is 18.9. The fourth-order valence-electron chi connectivity index (χ4n) is 2.54. The summed E-state index contributed by atoms with van der Waals surface area (Å²) < 4.78 is 1.69. The molecule has 5 heteroatoms. The zero-order chi connectivity index (χ0) is 13.1. The van der Waals surface area contributed by atoms with Crippen molar-refractivity contribution in [2.45, 2.75) is 39.3 Å². The predicted molar refractivity (Wildman–Crippen MR) is 72.8 cm³/mol. The lowest BCUT2D eigenvalue weighted by molar-refractivity contribution is 0.353. The first-order chi connectivity index (χ1) is 8.63. The van der Waals surface area contributed by atoms with Gasteiger partial charge in [-0.25, -0.2) is 4.98 Å². The summed E-state index contributed by atoms with van der Waals surface area (Å²) in [6, 6.07) is 0.239. The van der Waals surface area contributed by atoms with E-state index in [0.717, 1.165) is 25.9 Å². The highest BCUT2D eigenvalue weighted by atomic mass is 16.1. The van der Waals surface area contributed by atoms with Gasteiger partial charge in [0.05, 0.1) is 0 Å². The van der Waals surface area contributed by atoms with Gasteiger partial charge in [0.2, 0.25) is 0 Å². The second-order valence-corrected chi connectivity index (χ2v) is 5.03. The van der Waals surface area contributed by atoms with Crippen LogP contribution in [-0.4, -0.2) is 28.7 Å². The molecule has 0 aromatic carbocycles. The van der Waals surface area contributed by atoms with Gasteiger partial charge in [0.1, 0.15) is 0 Å². The first kappa shape index (κ1) is 13.1. The summed E-state index contributed by atoms with van der Waals surface area (Å²) in [5, 5.41) is 0. The van der Waals surface area contributed by atoms with Crippen molar-refractivity contribution in [2.75, 3.05) is 18.0 Å². The summed E-state index contributed by atoms with van der Waals surface area (Å²) in [5.41, 5.74) is 5.94. The molecule has 1 fully saturated rings. The number of piperidine rings is 1. The van der Waals surface area contributed by atoms with Crippen molar-refractivity contribution in [3.63, 3.8) is 0 Å². The molecular formula is C13H22N4O. The van der Waals surface area contributed by atoms with E-state index >= 15 is 0 Å². The number of rotatable bonds is 3. The Kier molecular flexibility index (Phi) is 4.01. The molecule has 1 unspecified atom stereocenters. The van der Waals surface area contributed by atoms with Crippen LogP contribution in [-0.2, 0) is 6.54 Å². The Morgan fingerprint density at radius 1 is 1.50 bits per heavy atom. The number of nitrogens with two attached hydrogens (primary N) is 1. The van der Waals surface area contributed by atoms with Crippen molar-refractivity contribution in [3.05, 3.63) is 22.7 Å². The minimum absolute atomic E-state index is 0.0132. The van der Waals surface area contributed by atoms with Crippen LogP contribution in [0.5, 0.6) is 0 Å². The smallest absolute Gasteiger partial charge is 0.293 e. The van der Waals surface area contributed by atoms with Crippen LogP contribution in [0.15, 0.2) is 17.2 Å². The van der Waals surface area contributed by atoms with Gasteiger partial charge in [0.15, 0.2) is 5.82 Å². The molecule has 2 heterocycles. The maximum absolute atomic E-state index is 12.1. The number of aromatic nitrogens is 2. The molecular weight excluding hydrogens is 228 g/mol. The van der Waals surface area contributed by atoms with E-state index in [1.54, 1.807) is 17.0 Å². The monoisotopic (exact) mass is 250 g/mol. The van der Waals surface area contributed by atoms with Gasteiger partial charge in [-0.1, -0.05) is 0 Å². The average molecular weight is 250 g/mol. The van der Waals surface area contributed by atoms with Crippen LogP contribution < -0.4 is 16.2 Å². The summed E-state index contributed by atoms with van der Waals surface area (Å²) >= 11 is 0. The molecule has 1 aliphatic heterocycles. The second-order valence-electron chi connectivity index (χ2n) is 5.03. The maximum Gasteiger partial charge on any atom is 0.293 e. The first-order valence-corrected chi connectivity index (χ1v) is 6.69. The molecule has 1 aromatic heterocycles. The molecule has 0 radical (unpaired) electrons. The Bertz CT molecular complexity index is 447. The minimum atomic E-state index is 0.0132. The van der Waals surface area contributed by atoms with Crippen molar-refractivity contribution in [1.82, 2.24) is 9.55 Å². The van der Waals surface area contributed by atoms with Crippen molar-refractivity contribution >= 4 is 5.82 Å². The van der Waals surface area contributed by atoms with E-state index < -0.39 is 0 Å². The lowest BCUT2D eigenvalue weighted by Gasteiger charge is -2.34. The number of aryl methyl sites for hydroxylation is 1. The Balaban J connectivity index is 2.13. The number of hydrogen-bond acceptors (Lipinski definition) is 4. The zero-order valence-corrected chi connectivity index (χ0v) is 11.2. The standard InChI is InChI=1S/C13H22N4O/c1-3-16-9-6-15-12(13(16)18)17-7-4-11(5-8-17)10(2)14/h6,9-11H,3-5,7-8,14H2,1-2H3. The van der Waals surface area contributed by atoms with Crippen molar-refractivity contribution in [3.8, 4) is 0 Å². The molecule has 2 rings (SSSR count). The van der Waals surface area contributed by atoms with Crippen molar-refractivity contribution < 1.29 is 0 Å². The highest BCUT2D eigenvalue weighted by molar-refractivity contribution is 5.36. The van der Waals surface area contributed by atoms with Crippen molar-refractivity contribution in [2.24, 2.45) is 11.7 Å². The Morgan fingerprint density at radius 3 is 2.72 bits per heavy atom. The molecule has 1 saturated heterocycles. The molecule has 1 aromatic rings. The van der Waals surface area contributed by atoms with Crippen LogP contribution >= 0.6 is 0 Å². The van der Waals surface area contributed by atoms with Gasteiger partial charge < -0.3 is 15.2 Å². The van der Waals surface area contributed by atoms with Crippen LogP contribution in [0.25, 0.3) is 0 Å². The van der Waals surface area contributed by atoms with Gasteiger partial charge in [0.25, 0.3) is 5.56 Å². The molecule has 0 amide bonds. The van der Waals surface area contributed by atoms with Gasteiger partial charge in [-0.05, 0) is 32.6 Å². The Morgan fingerprint density at radius 2 is 2.17 bits per heavy atom. The van der Waals surface area contributed by atoms with E-state index in [4.69, 9.17) is 5.73 Å². The fraction of sp³-hybridized carbons (Fsp3) is 0.692. The summed E-state index contributed by atoms with van der Waals surface area (Å²) in [7, 11) is 0. The van der Waals surface area contributed by atoms with E-state index in [9.17, 15) is 4.79 Å². The molecule has 2 N–H and O–H groups in total. The molecule has 0 aliphatic carbocycles. The van der Waals surface area contributed by atoms with Gasteiger partial charge in [-0.15, -0.1) is 0 Å². The lowest BCUT2D eigenvalue weighted by Crippen LogP contribution is -2.42. The van der Waals surface area contributed by atoms with E-state index in [-0.39, 0.29) is 11.6 Å². The van der Waals surface area contributed by atoms with Gasteiger partial charge in [-0.3, -0.25) is 4.79 Å². The summed E-state index contributed by atoms with van der Waals surface area (Å²) in [6.45, 7) is 6.47. The summed E-state index contributed by atoms with van der Waals surface area (Å²) in [6.07, 6.45) is 5.53. The highest BCUT2D eigenvalue weighted by Gasteiger charge is 2.24. The van der Waals surface area contributed by atoms with Gasteiger partial charge in [0, 0.05) is 38.1 Å². The highest BCUT2D eigenvalue weighted by Crippen LogP contribution is 2.21. The number of nitrogens with zero attached hydrogens (tertiary/aromatic N) is 3. The van der Waals surface area contributed by atoms with Crippen LogP contribution in [0.1, 0.15) is 26.7 Å². The maximum atomic E-state index is 12.1. The molecule has 0 saturated carbocycles. The minimum Gasteiger partial charge on any atom is -0.352 e. The summed E-state index contributed by atoms with van der Waals surface area (Å²) in [5.74, 6) is 1.15. The number of anilines is 1. The van der Waals surface area contributed by atoms with Crippen LogP contribution in [0.4, 0.5) is 5.82 Å². The average Bonchev–Trinajstić information content (AvgIpc) is 2.39. The topological polar surface area (TPSA) is 64.2 Å². The van der Waals surface area contributed by atoms with E-state index in [1.165, 1.54) is 0 Å². The Labute approximate surface area is 108 Å². The predicted octanol–water partition coefficient (Wildman–Crippen LogP) is 0.827. The van der Waals surface area contributed by atoms with Crippen LogP contribution in [0.2, 0.25) is 0 Å². The van der Waals surface area contributed by atoms with Crippen LogP contribution in [0.3, 0.4) is 0 Å². The molecule has 100 valence electrons. The SMILES string of the molecule is CCn1ccnc(N2CCC(C(C)N)CC2)c1=O. The largest absolute Gasteiger partial charge is 0.352 e. The third-order valence-corrected chi connectivity index (χ3v) is 3.82. The van der Waals surface area contributed by atoms with E-state index in [2.05, 4.69) is 16.8 Å². The fourth-order valence-corrected chi connectivity index (χ4v) is 2.54. The molecule has 5 nitrogen and oxygen atoms in total. The molecule has 1 atom stereocenters. The second kappa shape index (κ2) is 5.52. The summed E-state index contributed by atoms with van der Waals surface area (Å²) in [4.78, 5) is 18.5. The molecule has 1 aliphatic rings. The van der Waals surface area contributed by atoms with E-state index in [1.807, 2.05) is 6.92 Å². The third-order valence-electron chi connectivity index (χ3n) is 3.82. The lowest BCUT2D eigenvalue weighted by atomic mass is 9.91. The Hall–Kier alpha value is -1.36. The molecule has 18 heavy (non-hydrogen) atoms. The van der Waals surface area contributed by atoms with E-state index in [0.29, 0.717) is 18.3 Å². The molecule has 0 spiro atoms. The number of hydrogen-bond donors (Lipinski definition) is 1. The van der Waals surface area contributed by atoms with Gasteiger partial charge >= 0.3 is 0 Å². The zero-order valence-electron chi connectivity index (χ0n) is 11.2. The quantitative estimate of drug-likeness (QED) is 0.863. The van der Waals surface area contributed by atoms with Crippen molar-refractivity contribution in [1.29, 1.82) is 0 Å². The molecule has 0 bridgehead atoms.